The molecular formula is C15H21NO3. The lowest BCUT2D eigenvalue weighted by Gasteiger charge is -2.24. The number of hydrogen-bond donors (Lipinski definition) is 1. The van der Waals surface area contributed by atoms with E-state index in [-0.39, 0.29) is 18.0 Å². The Kier molecular flexibility index (Phi) is 4.93. The number of ether oxygens (including phenoxy) is 2. The second-order valence-corrected chi connectivity index (χ2v) is 4.97. The molecule has 0 saturated heterocycles. The van der Waals surface area contributed by atoms with Crippen LogP contribution in [0.25, 0.3) is 0 Å². The Balaban J connectivity index is 1.90. The van der Waals surface area contributed by atoms with Crippen LogP contribution < -0.4 is 5.32 Å². The molecule has 1 aromatic rings. The molecule has 19 heavy (non-hydrogen) atoms. The Morgan fingerprint density at radius 1 is 1.37 bits per heavy atom. The van der Waals surface area contributed by atoms with E-state index in [1.54, 1.807) is 0 Å². The zero-order chi connectivity index (χ0) is 13.7. The number of esters is 1. The second-order valence-electron chi connectivity index (χ2n) is 4.97. The normalized spacial score (nSPS) is 18.2. The van der Waals surface area contributed by atoms with Crippen molar-refractivity contribution in [3.05, 3.63) is 35.4 Å². The molecule has 0 aromatic heterocycles. The van der Waals surface area contributed by atoms with Crippen LogP contribution in [0.5, 0.6) is 0 Å². The fraction of sp³-hybridized carbons (Fsp3) is 0.533. The Hall–Kier alpha value is -1.39. The highest BCUT2D eigenvalue weighted by molar-refractivity contribution is 5.79. The van der Waals surface area contributed by atoms with Gasteiger partial charge in [-0.2, -0.15) is 0 Å². The lowest BCUT2D eigenvalue weighted by Crippen LogP contribution is -2.34. The maximum Gasteiger partial charge on any atom is 0.314 e. The number of carbonyl (C=O) groups is 1. The fourth-order valence-corrected chi connectivity index (χ4v) is 2.23. The largest absolute Gasteiger partial charge is 0.463 e. The number of benzene rings is 1. The second kappa shape index (κ2) is 6.68. The first-order valence-corrected chi connectivity index (χ1v) is 6.75. The van der Waals surface area contributed by atoms with Crippen molar-refractivity contribution in [2.45, 2.75) is 32.4 Å². The molecule has 0 spiro atoms. The quantitative estimate of drug-likeness (QED) is 0.650. The molecule has 4 nitrogen and oxygen atoms in total. The predicted octanol–water partition coefficient (Wildman–Crippen LogP) is 1.84. The lowest BCUT2D eigenvalue weighted by atomic mass is 9.91. The molecule has 0 aliphatic carbocycles. The Bertz CT molecular complexity index is 431. The van der Waals surface area contributed by atoms with E-state index in [1.165, 1.54) is 5.56 Å². The minimum atomic E-state index is -0.205. The number of hydrogen-bond acceptors (Lipinski definition) is 4. The molecule has 1 atom stereocenters. The van der Waals surface area contributed by atoms with Crippen LogP contribution >= 0.6 is 0 Å². The fourth-order valence-electron chi connectivity index (χ4n) is 2.23. The minimum absolute atomic E-state index is 0.163. The monoisotopic (exact) mass is 263 g/mol. The van der Waals surface area contributed by atoms with Gasteiger partial charge in [0.05, 0.1) is 18.6 Å². The summed E-state index contributed by atoms with van der Waals surface area (Å²) in [5, 5.41) is 3.25. The van der Waals surface area contributed by atoms with Crippen LogP contribution in [-0.4, -0.2) is 31.8 Å². The van der Waals surface area contributed by atoms with Crippen molar-refractivity contribution in [3.8, 4) is 0 Å². The summed E-state index contributed by atoms with van der Waals surface area (Å²) < 4.78 is 10.6. The standard InChI is InChI=1S/C15H21NO3/c1-11(2)18-7-8-19-15(17)14-10-16-9-12-5-3-4-6-13(12)14/h3-6,11,14,16H,7-10H2,1-2H3. The molecule has 104 valence electrons. The summed E-state index contributed by atoms with van der Waals surface area (Å²) in [6.45, 7) is 6.14. The van der Waals surface area contributed by atoms with Gasteiger partial charge in [-0.3, -0.25) is 4.79 Å². The molecule has 0 radical (unpaired) electrons. The van der Waals surface area contributed by atoms with Gasteiger partial charge in [0.2, 0.25) is 0 Å². The maximum atomic E-state index is 12.1. The van der Waals surface area contributed by atoms with Crippen molar-refractivity contribution in [3.63, 3.8) is 0 Å². The van der Waals surface area contributed by atoms with Crippen LogP contribution in [0.1, 0.15) is 30.9 Å². The van der Waals surface area contributed by atoms with Crippen LogP contribution in [0.3, 0.4) is 0 Å². The molecule has 4 heteroatoms. The number of rotatable bonds is 5. The average molecular weight is 263 g/mol. The zero-order valence-electron chi connectivity index (χ0n) is 11.5. The van der Waals surface area contributed by atoms with Gasteiger partial charge in [0, 0.05) is 13.1 Å². The third kappa shape index (κ3) is 3.78. The molecule has 1 aliphatic rings. The first kappa shape index (κ1) is 14.0. The number of fused-ring (bicyclic) bond motifs is 1. The molecule has 1 aromatic carbocycles. The summed E-state index contributed by atoms with van der Waals surface area (Å²) in [6, 6.07) is 8.01. The highest BCUT2D eigenvalue weighted by Crippen LogP contribution is 2.24. The summed E-state index contributed by atoms with van der Waals surface area (Å²) in [6.07, 6.45) is 0.163. The Morgan fingerprint density at radius 2 is 2.16 bits per heavy atom. The van der Waals surface area contributed by atoms with E-state index < -0.39 is 0 Å². The molecule has 1 unspecified atom stereocenters. The summed E-state index contributed by atoms with van der Waals surface area (Å²) >= 11 is 0. The summed E-state index contributed by atoms with van der Waals surface area (Å²) in [4.78, 5) is 12.1. The first-order chi connectivity index (χ1) is 9.18. The average Bonchev–Trinajstić information content (AvgIpc) is 2.42. The molecule has 1 N–H and O–H groups in total. The van der Waals surface area contributed by atoms with Crippen molar-refractivity contribution in [1.82, 2.24) is 5.32 Å². The van der Waals surface area contributed by atoms with E-state index in [0.717, 1.165) is 12.1 Å². The van der Waals surface area contributed by atoms with Gasteiger partial charge in [0.1, 0.15) is 6.61 Å². The van der Waals surface area contributed by atoms with Gasteiger partial charge in [-0.25, -0.2) is 0 Å². The van der Waals surface area contributed by atoms with Gasteiger partial charge < -0.3 is 14.8 Å². The molecular weight excluding hydrogens is 242 g/mol. The molecule has 1 aliphatic heterocycles. The molecule has 2 rings (SSSR count). The van der Waals surface area contributed by atoms with E-state index in [1.807, 2.05) is 38.1 Å². The smallest absolute Gasteiger partial charge is 0.314 e. The van der Waals surface area contributed by atoms with E-state index in [4.69, 9.17) is 9.47 Å². The van der Waals surface area contributed by atoms with E-state index in [9.17, 15) is 4.79 Å². The number of nitrogens with one attached hydrogen (secondary N) is 1. The molecule has 0 amide bonds. The number of carbonyl (C=O) groups excluding carboxylic acids is 1. The predicted molar refractivity (Wildman–Crippen MR) is 72.9 cm³/mol. The highest BCUT2D eigenvalue weighted by Gasteiger charge is 2.27. The summed E-state index contributed by atoms with van der Waals surface area (Å²) in [7, 11) is 0. The van der Waals surface area contributed by atoms with Gasteiger partial charge in [-0.05, 0) is 25.0 Å². The van der Waals surface area contributed by atoms with Crippen LogP contribution in [0, 0.1) is 0 Å². The van der Waals surface area contributed by atoms with Crippen LogP contribution in [0.4, 0.5) is 0 Å². The Labute approximate surface area is 114 Å². The highest BCUT2D eigenvalue weighted by atomic mass is 16.6. The Morgan fingerprint density at radius 3 is 2.95 bits per heavy atom. The van der Waals surface area contributed by atoms with Crippen LogP contribution in [0.15, 0.2) is 24.3 Å². The van der Waals surface area contributed by atoms with Crippen molar-refractivity contribution in [2.75, 3.05) is 19.8 Å². The molecule has 0 bridgehead atoms. The molecule has 0 saturated carbocycles. The lowest BCUT2D eigenvalue weighted by molar-refractivity contribution is -0.147. The van der Waals surface area contributed by atoms with E-state index >= 15 is 0 Å². The molecule has 0 fully saturated rings. The van der Waals surface area contributed by atoms with Crippen molar-refractivity contribution in [2.24, 2.45) is 0 Å². The van der Waals surface area contributed by atoms with Gasteiger partial charge in [0.15, 0.2) is 0 Å². The van der Waals surface area contributed by atoms with Crippen LogP contribution in [0.2, 0.25) is 0 Å². The molecule has 1 heterocycles. The van der Waals surface area contributed by atoms with Gasteiger partial charge in [-0.1, -0.05) is 24.3 Å². The van der Waals surface area contributed by atoms with E-state index in [2.05, 4.69) is 5.32 Å². The van der Waals surface area contributed by atoms with Crippen LogP contribution in [-0.2, 0) is 20.8 Å². The topological polar surface area (TPSA) is 47.6 Å². The maximum absolute atomic E-state index is 12.1. The summed E-state index contributed by atoms with van der Waals surface area (Å²) in [5.74, 6) is -0.379. The third-order valence-corrected chi connectivity index (χ3v) is 3.16. The van der Waals surface area contributed by atoms with Crippen molar-refractivity contribution >= 4 is 5.97 Å². The van der Waals surface area contributed by atoms with Gasteiger partial charge in [0.25, 0.3) is 0 Å². The third-order valence-electron chi connectivity index (χ3n) is 3.16. The SMILES string of the molecule is CC(C)OCCOC(=O)C1CNCc2ccccc21. The van der Waals surface area contributed by atoms with E-state index in [0.29, 0.717) is 19.8 Å². The van der Waals surface area contributed by atoms with Crippen molar-refractivity contribution < 1.29 is 14.3 Å². The first-order valence-electron chi connectivity index (χ1n) is 6.75. The van der Waals surface area contributed by atoms with Gasteiger partial charge >= 0.3 is 5.97 Å². The summed E-state index contributed by atoms with van der Waals surface area (Å²) in [5.41, 5.74) is 2.25. The zero-order valence-corrected chi connectivity index (χ0v) is 11.5. The minimum Gasteiger partial charge on any atom is -0.463 e. The van der Waals surface area contributed by atoms with Crippen molar-refractivity contribution in [1.29, 1.82) is 0 Å². The van der Waals surface area contributed by atoms with Gasteiger partial charge in [-0.15, -0.1) is 0 Å².